The lowest BCUT2D eigenvalue weighted by Crippen LogP contribution is -2.38. The minimum Gasteiger partial charge on any atom is -0.478 e. The van der Waals surface area contributed by atoms with Gasteiger partial charge in [-0.2, -0.15) is 0 Å². The van der Waals surface area contributed by atoms with Gasteiger partial charge in [-0.05, 0) is 51.5 Å². The Hall–Kier alpha value is -1.84. The molecule has 0 radical (unpaired) electrons. The summed E-state index contributed by atoms with van der Waals surface area (Å²) in [5.41, 5.74) is 0.0395. The van der Waals surface area contributed by atoms with Gasteiger partial charge in [0, 0.05) is 5.56 Å². The second-order valence-electron chi connectivity index (χ2n) is 4.45. The molecule has 1 rings (SSSR count). The summed E-state index contributed by atoms with van der Waals surface area (Å²) in [7, 11) is 0. The highest BCUT2D eigenvalue weighted by Gasteiger charge is 2.29. The van der Waals surface area contributed by atoms with Gasteiger partial charge in [-0.15, -0.1) is 0 Å². The van der Waals surface area contributed by atoms with Crippen LogP contribution in [0.1, 0.15) is 36.7 Å². The van der Waals surface area contributed by atoms with Crippen LogP contribution in [0.4, 0.5) is 0 Å². The number of carboxylic acid groups (broad SMARTS) is 1. The van der Waals surface area contributed by atoms with Gasteiger partial charge in [-0.1, -0.05) is 0 Å². The van der Waals surface area contributed by atoms with Gasteiger partial charge in [-0.3, -0.25) is 4.79 Å². The van der Waals surface area contributed by atoms with Crippen molar-refractivity contribution in [3.8, 4) is 5.75 Å². The molecule has 0 fully saturated rings. The smallest absolute Gasteiger partial charge is 0.347 e. The average Bonchev–Trinajstić information content (AvgIpc) is 2.20. The lowest BCUT2D eigenvalue weighted by Gasteiger charge is -2.22. The van der Waals surface area contributed by atoms with Crippen molar-refractivity contribution in [2.75, 3.05) is 0 Å². The summed E-state index contributed by atoms with van der Waals surface area (Å²) >= 11 is 0. The van der Waals surface area contributed by atoms with Gasteiger partial charge in [0.2, 0.25) is 0 Å². The van der Waals surface area contributed by atoms with Gasteiger partial charge in [-0.25, -0.2) is 4.79 Å². The van der Waals surface area contributed by atoms with Crippen molar-refractivity contribution >= 4 is 11.8 Å². The normalized spacial score (nSPS) is 11.1. The van der Waals surface area contributed by atoms with E-state index in [2.05, 4.69) is 0 Å². The number of rotatable bonds is 4. The highest BCUT2D eigenvalue weighted by atomic mass is 16.5. The van der Waals surface area contributed by atoms with Crippen molar-refractivity contribution in [3.63, 3.8) is 0 Å². The number of carbonyl (C=O) groups excluding carboxylic acids is 1. The molecule has 0 saturated carbocycles. The Kier molecular flexibility index (Phi) is 3.56. The number of aliphatic carboxylic acids is 1. The molecule has 1 aromatic carbocycles. The van der Waals surface area contributed by atoms with Gasteiger partial charge in [0.05, 0.1) is 0 Å². The summed E-state index contributed by atoms with van der Waals surface area (Å²) in [5.74, 6) is -0.591. The van der Waals surface area contributed by atoms with E-state index in [1.54, 1.807) is 25.1 Å². The standard InChI is InChI=1S/C13H16O4/c1-8-7-10(9(2)14)5-6-11(8)17-13(3,4)12(15)16/h5-7H,1-4H3,(H,15,16). The highest BCUT2D eigenvalue weighted by molar-refractivity contribution is 5.94. The summed E-state index contributed by atoms with van der Waals surface area (Å²) in [6, 6.07) is 4.94. The number of hydrogen-bond donors (Lipinski definition) is 1. The lowest BCUT2D eigenvalue weighted by molar-refractivity contribution is -0.152. The first kappa shape index (κ1) is 13.2. The maximum Gasteiger partial charge on any atom is 0.347 e. The van der Waals surface area contributed by atoms with Crippen molar-refractivity contribution in [3.05, 3.63) is 29.3 Å². The van der Waals surface area contributed by atoms with Crippen LogP contribution in [0.15, 0.2) is 18.2 Å². The van der Waals surface area contributed by atoms with Crippen LogP contribution in [-0.2, 0) is 4.79 Å². The number of carbonyl (C=O) groups is 2. The van der Waals surface area contributed by atoms with Crippen LogP contribution in [0.5, 0.6) is 5.75 Å². The molecule has 17 heavy (non-hydrogen) atoms. The van der Waals surface area contributed by atoms with Crippen molar-refractivity contribution in [2.45, 2.75) is 33.3 Å². The topological polar surface area (TPSA) is 63.6 Å². The number of hydrogen-bond acceptors (Lipinski definition) is 3. The predicted molar refractivity (Wildman–Crippen MR) is 63.5 cm³/mol. The zero-order valence-corrected chi connectivity index (χ0v) is 10.4. The molecule has 0 heterocycles. The molecule has 0 unspecified atom stereocenters. The molecular weight excluding hydrogens is 220 g/mol. The molecule has 0 aliphatic carbocycles. The fourth-order valence-corrected chi connectivity index (χ4v) is 1.30. The summed E-state index contributed by atoms with van der Waals surface area (Å²) in [5, 5.41) is 8.96. The van der Waals surface area contributed by atoms with E-state index < -0.39 is 11.6 Å². The van der Waals surface area contributed by atoms with Crippen molar-refractivity contribution in [1.82, 2.24) is 0 Å². The molecule has 0 amide bonds. The molecule has 0 atom stereocenters. The number of carboxylic acids is 1. The van der Waals surface area contributed by atoms with Crippen molar-refractivity contribution in [2.24, 2.45) is 0 Å². The van der Waals surface area contributed by atoms with E-state index in [0.717, 1.165) is 5.56 Å². The fourth-order valence-electron chi connectivity index (χ4n) is 1.30. The second kappa shape index (κ2) is 4.57. The quantitative estimate of drug-likeness (QED) is 0.815. The van der Waals surface area contributed by atoms with E-state index in [4.69, 9.17) is 9.84 Å². The summed E-state index contributed by atoms with van der Waals surface area (Å²) in [6.07, 6.45) is 0. The van der Waals surface area contributed by atoms with E-state index in [9.17, 15) is 9.59 Å². The number of benzene rings is 1. The zero-order valence-electron chi connectivity index (χ0n) is 10.4. The average molecular weight is 236 g/mol. The SMILES string of the molecule is CC(=O)c1ccc(OC(C)(C)C(=O)O)c(C)c1. The first-order valence-electron chi connectivity index (χ1n) is 5.28. The molecule has 0 aliphatic rings. The maximum atomic E-state index is 11.2. The molecule has 4 nitrogen and oxygen atoms in total. The number of ether oxygens (including phenoxy) is 1. The van der Waals surface area contributed by atoms with Crippen LogP contribution in [0.3, 0.4) is 0 Å². The third-order valence-electron chi connectivity index (χ3n) is 2.46. The molecule has 1 aromatic rings. The van der Waals surface area contributed by atoms with Gasteiger partial charge < -0.3 is 9.84 Å². The Morgan fingerprint density at radius 3 is 2.29 bits per heavy atom. The molecule has 1 N–H and O–H groups in total. The van der Waals surface area contributed by atoms with Gasteiger partial charge in [0.15, 0.2) is 11.4 Å². The van der Waals surface area contributed by atoms with Crippen molar-refractivity contribution in [1.29, 1.82) is 0 Å². The molecule has 4 heteroatoms. The van der Waals surface area contributed by atoms with Crippen molar-refractivity contribution < 1.29 is 19.4 Å². The monoisotopic (exact) mass is 236 g/mol. The minimum atomic E-state index is -1.29. The third kappa shape index (κ3) is 3.06. The van der Waals surface area contributed by atoms with Gasteiger partial charge in [0.1, 0.15) is 5.75 Å². The largest absolute Gasteiger partial charge is 0.478 e. The van der Waals surface area contributed by atoms with E-state index >= 15 is 0 Å². The van der Waals surface area contributed by atoms with Crippen LogP contribution in [0.25, 0.3) is 0 Å². The van der Waals surface area contributed by atoms with E-state index in [-0.39, 0.29) is 5.78 Å². The summed E-state index contributed by atoms with van der Waals surface area (Å²) in [6.45, 7) is 6.22. The lowest BCUT2D eigenvalue weighted by atomic mass is 10.1. The summed E-state index contributed by atoms with van der Waals surface area (Å²) < 4.78 is 5.42. The predicted octanol–water partition coefficient (Wildman–Crippen LogP) is 2.44. The van der Waals surface area contributed by atoms with Crippen LogP contribution in [0, 0.1) is 6.92 Å². The van der Waals surface area contributed by atoms with Crippen LogP contribution >= 0.6 is 0 Å². The Morgan fingerprint density at radius 2 is 1.88 bits per heavy atom. The number of aryl methyl sites for hydroxylation is 1. The van der Waals surface area contributed by atoms with Crippen LogP contribution < -0.4 is 4.74 Å². The molecule has 0 saturated heterocycles. The second-order valence-corrected chi connectivity index (χ2v) is 4.45. The molecule has 92 valence electrons. The number of ketones is 1. The molecular formula is C13H16O4. The van der Waals surface area contributed by atoms with Crippen LogP contribution in [-0.4, -0.2) is 22.5 Å². The van der Waals surface area contributed by atoms with Gasteiger partial charge in [0.25, 0.3) is 0 Å². The van der Waals surface area contributed by atoms with E-state index in [1.807, 2.05) is 0 Å². The number of Topliss-reactive ketones (excluding diaryl/α,β-unsaturated/α-hetero) is 1. The zero-order chi connectivity index (χ0) is 13.2. The Balaban J connectivity index is 3.02. The van der Waals surface area contributed by atoms with Gasteiger partial charge >= 0.3 is 5.97 Å². The fraction of sp³-hybridized carbons (Fsp3) is 0.385. The third-order valence-corrected chi connectivity index (χ3v) is 2.46. The first-order valence-corrected chi connectivity index (χ1v) is 5.28. The van der Waals surface area contributed by atoms with E-state index in [1.165, 1.54) is 20.8 Å². The first-order chi connectivity index (χ1) is 7.74. The van der Waals surface area contributed by atoms with Crippen LogP contribution in [0.2, 0.25) is 0 Å². The molecule has 0 aliphatic heterocycles. The highest BCUT2D eigenvalue weighted by Crippen LogP contribution is 2.24. The molecule has 0 bridgehead atoms. The minimum absolute atomic E-state index is 0.0304. The van der Waals surface area contributed by atoms with E-state index in [0.29, 0.717) is 11.3 Å². The Labute approximate surface area is 100 Å². The Bertz CT molecular complexity index is 460. The molecule has 0 aromatic heterocycles. The Morgan fingerprint density at radius 1 is 1.29 bits per heavy atom. The maximum absolute atomic E-state index is 11.2. The molecule has 0 spiro atoms. The summed E-state index contributed by atoms with van der Waals surface area (Å²) in [4.78, 5) is 22.1.